The Labute approximate surface area is 120 Å². The highest BCUT2D eigenvalue weighted by atomic mass is 16.5. The summed E-state index contributed by atoms with van der Waals surface area (Å²) in [7, 11) is 0. The van der Waals surface area contributed by atoms with Gasteiger partial charge in [-0.2, -0.15) is 0 Å². The van der Waals surface area contributed by atoms with Crippen LogP contribution in [0.15, 0.2) is 0 Å². The first kappa shape index (κ1) is 15.3. The first-order valence-electron chi connectivity index (χ1n) is 7.78. The second-order valence-corrected chi connectivity index (χ2v) is 5.84. The van der Waals surface area contributed by atoms with E-state index in [4.69, 9.17) is 4.74 Å². The number of amides is 2. The molecule has 2 aliphatic rings. The molecule has 5 heteroatoms. The monoisotopic (exact) mass is 282 g/mol. The van der Waals surface area contributed by atoms with E-state index < -0.39 is 0 Å². The molecule has 2 rings (SSSR count). The van der Waals surface area contributed by atoms with E-state index in [9.17, 15) is 9.59 Å². The van der Waals surface area contributed by atoms with Gasteiger partial charge < -0.3 is 15.4 Å². The van der Waals surface area contributed by atoms with Crippen molar-refractivity contribution in [1.29, 1.82) is 0 Å². The van der Waals surface area contributed by atoms with Crippen LogP contribution in [0.4, 0.5) is 0 Å². The van der Waals surface area contributed by atoms with Gasteiger partial charge in [-0.3, -0.25) is 9.59 Å². The maximum atomic E-state index is 12.2. The number of carbonyl (C=O) groups excluding carboxylic acids is 2. The van der Waals surface area contributed by atoms with Crippen molar-refractivity contribution in [3.05, 3.63) is 0 Å². The molecule has 3 atom stereocenters. The highest BCUT2D eigenvalue weighted by molar-refractivity contribution is 5.91. The molecule has 20 heavy (non-hydrogen) atoms. The van der Waals surface area contributed by atoms with Gasteiger partial charge in [-0.1, -0.05) is 13.8 Å². The van der Waals surface area contributed by atoms with Gasteiger partial charge in [0.15, 0.2) is 0 Å². The van der Waals surface area contributed by atoms with E-state index in [1.54, 1.807) is 0 Å². The first-order valence-corrected chi connectivity index (χ1v) is 7.78. The second-order valence-electron chi connectivity index (χ2n) is 5.84. The van der Waals surface area contributed by atoms with Gasteiger partial charge >= 0.3 is 0 Å². The zero-order valence-corrected chi connectivity index (χ0v) is 12.7. The summed E-state index contributed by atoms with van der Waals surface area (Å²) in [6.45, 7) is 7.04. The molecule has 1 aliphatic carbocycles. The Hall–Kier alpha value is -1.10. The van der Waals surface area contributed by atoms with Gasteiger partial charge in [-0.25, -0.2) is 0 Å². The summed E-state index contributed by atoms with van der Waals surface area (Å²) in [6, 6.07) is -0.181. The molecule has 114 valence electrons. The van der Waals surface area contributed by atoms with Crippen molar-refractivity contribution in [2.45, 2.75) is 71.1 Å². The van der Waals surface area contributed by atoms with Crippen molar-refractivity contribution in [1.82, 2.24) is 10.6 Å². The van der Waals surface area contributed by atoms with Crippen molar-refractivity contribution in [2.75, 3.05) is 6.61 Å². The van der Waals surface area contributed by atoms with Crippen LogP contribution in [0, 0.1) is 5.41 Å². The van der Waals surface area contributed by atoms with Crippen LogP contribution in [-0.4, -0.2) is 36.6 Å². The third-order valence-corrected chi connectivity index (χ3v) is 5.10. The molecule has 0 aromatic carbocycles. The van der Waals surface area contributed by atoms with Crippen molar-refractivity contribution in [2.24, 2.45) is 5.41 Å². The van der Waals surface area contributed by atoms with Gasteiger partial charge in [0, 0.05) is 24.5 Å². The van der Waals surface area contributed by atoms with Crippen molar-refractivity contribution >= 4 is 11.8 Å². The van der Waals surface area contributed by atoms with Gasteiger partial charge in [-0.15, -0.1) is 0 Å². The molecule has 1 heterocycles. The van der Waals surface area contributed by atoms with Crippen LogP contribution in [0.5, 0.6) is 0 Å². The van der Waals surface area contributed by atoms with Crippen LogP contribution in [0.3, 0.4) is 0 Å². The number of hydrogen-bond donors (Lipinski definition) is 2. The minimum atomic E-state index is -0.347. The van der Waals surface area contributed by atoms with E-state index in [2.05, 4.69) is 24.5 Å². The molecule has 0 bridgehead atoms. The molecule has 0 unspecified atom stereocenters. The van der Waals surface area contributed by atoms with Gasteiger partial charge in [-0.05, 0) is 32.6 Å². The normalized spacial score (nSPS) is 31.6. The van der Waals surface area contributed by atoms with E-state index in [1.165, 1.54) is 0 Å². The summed E-state index contributed by atoms with van der Waals surface area (Å²) in [6.07, 6.45) is 4.17. The Kier molecular flexibility index (Phi) is 4.68. The highest BCUT2D eigenvalue weighted by Crippen LogP contribution is 2.48. The summed E-state index contributed by atoms with van der Waals surface area (Å²) in [4.78, 5) is 23.4. The lowest BCUT2D eigenvalue weighted by molar-refractivity contribution is -0.149. The van der Waals surface area contributed by atoms with Crippen LogP contribution in [-0.2, 0) is 14.3 Å². The van der Waals surface area contributed by atoms with Gasteiger partial charge in [0.1, 0.15) is 6.04 Å². The number of hydrogen-bond acceptors (Lipinski definition) is 3. The molecule has 2 N–H and O–H groups in total. The van der Waals surface area contributed by atoms with E-state index >= 15 is 0 Å². The van der Waals surface area contributed by atoms with Gasteiger partial charge in [0.25, 0.3) is 0 Å². The SMILES string of the molecule is CCO[C@H]1C[C@@H](NC(=O)[C@H]2CCC(=O)N2)C1(CC)CC. The van der Waals surface area contributed by atoms with Gasteiger partial charge in [0.05, 0.1) is 6.10 Å². The highest BCUT2D eigenvalue weighted by Gasteiger charge is 2.54. The molecular formula is C15H26N2O3. The maximum Gasteiger partial charge on any atom is 0.242 e. The first-order chi connectivity index (χ1) is 9.57. The van der Waals surface area contributed by atoms with E-state index in [0.717, 1.165) is 19.3 Å². The number of rotatable bonds is 6. The fourth-order valence-corrected chi connectivity index (χ4v) is 3.67. The van der Waals surface area contributed by atoms with Crippen LogP contribution in [0.25, 0.3) is 0 Å². The molecule has 0 spiro atoms. The van der Waals surface area contributed by atoms with Crippen molar-refractivity contribution < 1.29 is 14.3 Å². The molecule has 1 aliphatic heterocycles. The standard InChI is InChI=1S/C15H26N2O3/c1-4-15(5-2)11(9-12(15)20-6-3)17-14(19)10-7-8-13(18)16-10/h10-12H,4-9H2,1-3H3,(H,16,18)(H,17,19)/t10-,11-,12+/m1/s1. The van der Waals surface area contributed by atoms with Crippen molar-refractivity contribution in [3.63, 3.8) is 0 Å². The largest absolute Gasteiger partial charge is 0.378 e. The summed E-state index contributed by atoms with van der Waals surface area (Å²) in [5, 5.41) is 5.85. The zero-order chi connectivity index (χ0) is 14.8. The quantitative estimate of drug-likeness (QED) is 0.773. The van der Waals surface area contributed by atoms with Gasteiger partial charge in [0.2, 0.25) is 11.8 Å². The van der Waals surface area contributed by atoms with Crippen molar-refractivity contribution in [3.8, 4) is 0 Å². The molecule has 2 fully saturated rings. The molecule has 5 nitrogen and oxygen atoms in total. The lowest BCUT2D eigenvalue weighted by atomic mass is 9.58. The number of carbonyl (C=O) groups is 2. The second kappa shape index (κ2) is 6.12. The average Bonchev–Trinajstić information content (AvgIpc) is 2.86. The van der Waals surface area contributed by atoms with E-state index in [-0.39, 0.29) is 35.4 Å². The Bertz CT molecular complexity index is 379. The Morgan fingerprint density at radius 2 is 2.10 bits per heavy atom. The molecular weight excluding hydrogens is 256 g/mol. The molecule has 0 radical (unpaired) electrons. The molecule has 0 aromatic heterocycles. The van der Waals surface area contributed by atoms with Crippen LogP contribution >= 0.6 is 0 Å². The average molecular weight is 282 g/mol. The molecule has 0 aromatic rings. The van der Waals surface area contributed by atoms with E-state index in [1.807, 2.05) is 6.92 Å². The maximum absolute atomic E-state index is 12.2. The minimum Gasteiger partial charge on any atom is -0.378 e. The fourth-order valence-electron chi connectivity index (χ4n) is 3.67. The Balaban J connectivity index is 1.95. The Morgan fingerprint density at radius 1 is 1.40 bits per heavy atom. The topological polar surface area (TPSA) is 67.4 Å². The molecule has 2 amide bonds. The van der Waals surface area contributed by atoms with Crippen LogP contribution in [0.1, 0.15) is 52.9 Å². The summed E-state index contributed by atoms with van der Waals surface area (Å²) in [5.74, 6) is -0.0646. The third-order valence-electron chi connectivity index (χ3n) is 5.10. The summed E-state index contributed by atoms with van der Waals surface area (Å²) < 4.78 is 5.81. The van der Waals surface area contributed by atoms with E-state index in [0.29, 0.717) is 19.4 Å². The minimum absolute atomic E-state index is 0.0248. The number of ether oxygens (including phenoxy) is 1. The van der Waals surface area contributed by atoms with Crippen LogP contribution < -0.4 is 10.6 Å². The number of nitrogens with one attached hydrogen (secondary N) is 2. The van der Waals surface area contributed by atoms with Crippen LogP contribution in [0.2, 0.25) is 0 Å². The lowest BCUT2D eigenvalue weighted by Crippen LogP contribution is -2.65. The predicted molar refractivity (Wildman–Crippen MR) is 76.1 cm³/mol. The Morgan fingerprint density at radius 3 is 2.60 bits per heavy atom. The summed E-state index contributed by atoms with van der Waals surface area (Å²) in [5.41, 5.74) is 0.0499. The predicted octanol–water partition coefficient (Wildman–Crippen LogP) is 1.36. The molecule has 1 saturated heterocycles. The molecule has 1 saturated carbocycles. The summed E-state index contributed by atoms with van der Waals surface area (Å²) >= 11 is 0. The lowest BCUT2D eigenvalue weighted by Gasteiger charge is -2.55. The third kappa shape index (κ3) is 2.55. The zero-order valence-electron chi connectivity index (χ0n) is 12.7. The fraction of sp³-hybridized carbons (Fsp3) is 0.867. The smallest absolute Gasteiger partial charge is 0.242 e.